The van der Waals surface area contributed by atoms with Gasteiger partial charge in [-0.15, -0.1) is 11.6 Å². The van der Waals surface area contributed by atoms with Crippen molar-refractivity contribution >= 4 is 33.3 Å². The third-order valence-electron chi connectivity index (χ3n) is 1.89. The van der Waals surface area contributed by atoms with Gasteiger partial charge in [0.05, 0.1) is 5.56 Å². The number of halogens is 2. The molecule has 1 rings (SSSR count). The molecule has 76 valence electrons. The van der Waals surface area contributed by atoms with Gasteiger partial charge in [0.25, 0.3) is 0 Å². The van der Waals surface area contributed by atoms with E-state index in [2.05, 4.69) is 15.9 Å². The molecule has 0 aliphatic heterocycles. The Morgan fingerprint density at radius 1 is 1.50 bits per heavy atom. The Labute approximate surface area is 96.0 Å². The van der Waals surface area contributed by atoms with Gasteiger partial charge in [0.2, 0.25) is 0 Å². The molecule has 0 bridgehead atoms. The predicted octanol–water partition coefficient (Wildman–Crippen LogP) is 3.10. The van der Waals surface area contributed by atoms with Crippen molar-refractivity contribution < 1.29 is 9.90 Å². The molecule has 1 N–H and O–H groups in total. The average Bonchev–Trinajstić information content (AvgIpc) is 2.18. The number of hydrogen-bond donors (Lipinski definition) is 1. The molecule has 0 aliphatic rings. The Morgan fingerprint density at radius 3 is 2.79 bits per heavy atom. The van der Waals surface area contributed by atoms with Crippen LogP contribution in [0.25, 0.3) is 0 Å². The van der Waals surface area contributed by atoms with E-state index in [9.17, 15) is 9.90 Å². The normalized spacial score (nSPS) is 10.1. The highest BCUT2D eigenvalue weighted by atomic mass is 79.9. The number of hydrogen-bond acceptors (Lipinski definition) is 2. The third kappa shape index (κ3) is 2.49. The second kappa shape index (κ2) is 5.37. The lowest BCUT2D eigenvalue weighted by molar-refractivity contribution is 0.0986. The molecule has 0 heterocycles. The topological polar surface area (TPSA) is 37.3 Å². The first-order valence-corrected chi connectivity index (χ1v) is 5.82. The van der Waals surface area contributed by atoms with Gasteiger partial charge < -0.3 is 5.11 Å². The van der Waals surface area contributed by atoms with Crippen molar-refractivity contribution in [3.8, 4) is 5.75 Å². The molecule has 2 nitrogen and oxygen atoms in total. The number of aromatic hydroxyl groups is 1. The van der Waals surface area contributed by atoms with Crippen LogP contribution in [0.2, 0.25) is 0 Å². The first-order valence-electron chi connectivity index (χ1n) is 4.16. The number of ketones is 1. The molecule has 0 amide bonds. The van der Waals surface area contributed by atoms with Crippen molar-refractivity contribution in [1.82, 2.24) is 0 Å². The third-order valence-corrected chi connectivity index (χ3v) is 2.68. The molecule has 0 saturated carbocycles. The predicted molar refractivity (Wildman–Crippen MR) is 60.4 cm³/mol. The summed E-state index contributed by atoms with van der Waals surface area (Å²) in [6.07, 6.45) is 0.251. The number of Topliss-reactive ketones (excluding diaryl/α,β-unsaturated/α-hetero) is 1. The first-order chi connectivity index (χ1) is 6.70. The van der Waals surface area contributed by atoms with Crippen molar-refractivity contribution in [3.05, 3.63) is 29.3 Å². The van der Waals surface area contributed by atoms with E-state index in [0.29, 0.717) is 16.5 Å². The van der Waals surface area contributed by atoms with Crippen LogP contribution in [0, 0.1) is 0 Å². The quantitative estimate of drug-likeness (QED) is 0.678. The standard InChI is InChI=1S/C10H10BrClO2/c11-6-7-2-1-3-8(10(7)14)9(13)4-5-12/h1-3,14H,4-6H2. The van der Waals surface area contributed by atoms with Crippen LogP contribution in [0.15, 0.2) is 18.2 Å². The van der Waals surface area contributed by atoms with Crippen molar-refractivity contribution in [1.29, 1.82) is 0 Å². The molecular weight excluding hydrogens is 267 g/mol. The summed E-state index contributed by atoms with van der Waals surface area (Å²) >= 11 is 8.69. The van der Waals surface area contributed by atoms with Gasteiger partial charge in [-0.3, -0.25) is 4.79 Å². The van der Waals surface area contributed by atoms with Crippen LogP contribution in [0.1, 0.15) is 22.3 Å². The molecule has 4 heteroatoms. The minimum Gasteiger partial charge on any atom is -0.507 e. The van der Waals surface area contributed by atoms with Crippen molar-refractivity contribution in [2.45, 2.75) is 11.8 Å². The summed E-state index contributed by atoms with van der Waals surface area (Å²) in [5, 5.41) is 10.2. The number of benzene rings is 1. The van der Waals surface area contributed by atoms with Gasteiger partial charge in [0.1, 0.15) is 5.75 Å². The molecule has 0 spiro atoms. The molecule has 0 fully saturated rings. The number of phenols is 1. The zero-order valence-electron chi connectivity index (χ0n) is 7.46. The van der Waals surface area contributed by atoms with Crippen molar-refractivity contribution in [3.63, 3.8) is 0 Å². The molecule has 0 aromatic heterocycles. The minimum atomic E-state index is -0.125. The van der Waals surface area contributed by atoms with E-state index in [1.54, 1.807) is 18.2 Å². The van der Waals surface area contributed by atoms with Crippen LogP contribution in [0.3, 0.4) is 0 Å². The lowest BCUT2D eigenvalue weighted by Crippen LogP contribution is -2.01. The van der Waals surface area contributed by atoms with E-state index in [0.717, 1.165) is 0 Å². The number of alkyl halides is 2. The number of para-hydroxylation sites is 1. The number of phenolic OH excluding ortho intramolecular Hbond substituents is 1. The van der Waals surface area contributed by atoms with Crippen LogP contribution in [0.5, 0.6) is 5.75 Å². The Balaban J connectivity index is 3.03. The Kier molecular flexibility index (Phi) is 4.42. The van der Waals surface area contributed by atoms with E-state index in [1.165, 1.54) is 0 Å². The number of rotatable bonds is 4. The van der Waals surface area contributed by atoms with Gasteiger partial charge in [-0.25, -0.2) is 0 Å². The van der Waals surface area contributed by atoms with E-state index in [4.69, 9.17) is 11.6 Å². The zero-order valence-corrected chi connectivity index (χ0v) is 9.81. The fourth-order valence-electron chi connectivity index (χ4n) is 1.14. The molecule has 0 unspecified atom stereocenters. The van der Waals surface area contributed by atoms with Crippen molar-refractivity contribution in [2.24, 2.45) is 0 Å². The molecule has 0 aliphatic carbocycles. The second-order valence-corrected chi connectivity index (χ2v) is 3.75. The van der Waals surface area contributed by atoms with Crippen LogP contribution < -0.4 is 0 Å². The summed E-state index contributed by atoms with van der Waals surface area (Å²) in [5.41, 5.74) is 1.06. The maximum absolute atomic E-state index is 11.5. The largest absolute Gasteiger partial charge is 0.507 e. The monoisotopic (exact) mass is 276 g/mol. The van der Waals surface area contributed by atoms with Gasteiger partial charge in [-0.05, 0) is 6.07 Å². The highest BCUT2D eigenvalue weighted by molar-refractivity contribution is 9.08. The molecule has 14 heavy (non-hydrogen) atoms. The summed E-state index contributed by atoms with van der Waals surface area (Å²) in [4.78, 5) is 11.5. The van der Waals surface area contributed by atoms with Gasteiger partial charge in [-0.1, -0.05) is 28.1 Å². The smallest absolute Gasteiger partial charge is 0.167 e. The molecule has 1 aromatic carbocycles. The van der Waals surface area contributed by atoms with Gasteiger partial charge >= 0.3 is 0 Å². The highest BCUT2D eigenvalue weighted by Gasteiger charge is 2.12. The molecule has 0 saturated heterocycles. The SMILES string of the molecule is O=C(CCCl)c1cccc(CBr)c1O. The van der Waals surface area contributed by atoms with Crippen LogP contribution >= 0.6 is 27.5 Å². The Bertz CT molecular complexity index is 339. The molecule has 1 aromatic rings. The van der Waals surface area contributed by atoms with Crippen molar-refractivity contribution in [2.75, 3.05) is 5.88 Å². The fourth-order valence-corrected chi connectivity index (χ4v) is 1.77. The second-order valence-electron chi connectivity index (χ2n) is 2.81. The summed E-state index contributed by atoms with van der Waals surface area (Å²) in [6, 6.07) is 5.12. The molecule has 0 atom stereocenters. The van der Waals surface area contributed by atoms with Gasteiger partial charge in [-0.2, -0.15) is 0 Å². The minimum absolute atomic E-state index is 0.0551. The van der Waals surface area contributed by atoms with E-state index < -0.39 is 0 Å². The lowest BCUT2D eigenvalue weighted by Gasteiger charge is -2.05. The summed E-state index contributed by atoms with van der Waals surface area (Å²) in [5.74, 6) is 0.205. The summed E-state index contributed by atoms with van der Waals surface area (Å²) < 4.78 is 0. The number of carbonyl (C=O) groups is 1. The maximum atomic E-state index is 11.5. The zero-order chi connectivity index (χ0) is 10.6. The van der Waals surface area contributed by atoms with E-state index in [-0.39, 0.29) is 23.8 Å². The Hall–Kier alpha value is -0.540. The first kappa shape index (κ1) is 11.5. The van der Waals surface area contributed by atoms with Crippen LogP contribution in [-0.2, 0) is 5.33 Å². The Morgan fingerprint density at radius 2 is 2.21 bits per heavy atom. The average molecular weight is 278 g/mol. The molecule has 0 radical (unpaired) electrons. The summed E-state index contributed by atoms with van der Waals surface area (Å²) in [7, 11) is 0. The summed E-state index contributed by atoms with van der Waals surface area (Å²) in [6.45, 7) is 0. The highest BCUT2D eigenvalue weighted by Crippen LogP contribution is 2.25. The van der Waals surface area contributed by atoms with E-state index >= 15 is 0 Å². The van der Waals surface area contributed by atoms with Gasteiger partial charge in [0.15, 0.2) is 5.78 Å². The molecular formula is C10H10BrClO2. The fraction of sp³-hybridized carbons (Fsp3) is 0.300. The maximum Gasteiger partial charge on any atom is 0.167 e. The van der Waals surface area contributed by atoms with Gasteiger partial charge in [0, 0.05) is 23.2 Å². The van der Waals surface area contributed by atoms with E-state index in [1.807, 2.05) is 0 Å². The number of carbonyl (C=O) groups excluding carboxylic acids is 1. The van der Waals surface area contributed by atoms with Crippen LogP contribution in [0.4, 0.5) is 0 Å². The van der Waals surface area contributed by atoms with Crippen LogP contribution in [-0.4, -0.2) is 16.8 Å². The lowest BCUT2D eigenvalue weighted by atomic mass is 10.0.